The Balaban J connectivity index is 5.65. The standard InChI is InChI=1S/C19H33N3O5/c1-8-16(23)27-14-9-11-19(18(25)26,21(6)7)22(17(24)15(2)3)13-10-12-20(4)5/h8H,1-2,9-14H2,3-7H3,(H,25,26). The highest BCUT2D eigenvalue weighted by atomic mass is 16.5. The van der Waals surface area contributed by atoms with Crippen molar-refractivity contribution in [1.82, 2.24) is 14.7 Å². The van der Waals surface area contributed by atoms with E-state index in [0.29, 0.717) is 13.0 Å². The van der Waals surface area contributed by atoms with Crippen LogP contribution in [0.2, 0.25) is 0 Å². The number of carboxylic acid groups (broad SMARTS) is 1. The van der Waals surface area contributed by atoms with Crippen LogP contribution >= 0.6 is 0 Å². The summed E-state index contributed by atoms with van der Waals surface area (Å²) < 4.78 is 4.95. The molecule has 0 fully saturated rings. The molecule has 154 valence electrons. The van der Waals surface area contributed by atoms with Crippen LogP contribution in [-0.4, -0.2) is 91.2 Å². The van der Waals surface area contributed by atoms with E-state index in [0.717, 1.165) is 6.08 Å². The van der Waals surface area contributed by atoms with Gasteiger partial charge in [-0.3, -0.25) is 9.69 Å². The van der Waals surface area contributed by atoms with E-state index < -0.39 is 23.5 Å². The Hall–Kier alpha value is -2.19. The number of carbonyl (C=O) groups is 3. The highest BCUT2D eigenvalue weighted by molar-refractivity contribution is 5.96. The molecule has 0 saturated heterocycles. The fraction of sp³-hybridized carbons (Fsp3) is 0.632. The van der Waals surface area contributed by atoms with Crippen LogP contribution in [0.3, 0.4) is 0 Å². The smallest absolute Gasteiger partial charge is 0.345 e. The van der Waals surface area contributed by atoms with Crippen LogP contribution in [0, 0.1) is 0 Å². The lowest BCUT2D eigenvalue weighted by atomic mass is 9.98. The van der Waals surface area contributed by atoms with Gasteiger partial charge in [0, 0.05) is 18.2 Å². The van der Waals surface area contributed by atoms with Crippen LogP contribution in [-0.2, 0) is 19.1 Å². The zero-order chi connectivity index (χ0) is 21.2. The Morgan fingerprint density at radius 3 is 2.11 bits per heavy atom. The van der Waals surface area contributed by atoms with Crippen LogP contribution < -0.4 is 0 Å². The number of carbonyl (C=O) groups excluding carboxylic acids is 2. The summed E-state index contributed by atoms with van der Waals surface area (Å²) in [4.78, 5) is 41.1. The third kappa shape index (κ3) is 7.15. The molecule has 1 amide bonds. The van der Waals surface area contributed by atoms with Gasteiger partial charge in [0.15, 0.2) is 5.66 Å². The largest absolute Gasteiger partial charge is 0.478 e. The predicted molar refractivity (Wildman–Crippen MR) is 104 cm³/mol. The van der Waals surface area contributed by atoms with Crippen LogP contribution in [0.15, 0.2) is 24.8 Å². The van der Waals surface area contributed by atoms with Gasteiger partial charge in [-0.15, -0.1) is 0 Å². The van der Waals surface area contributed by atoms with Crippen molar-refractivity contribution in [3.8, 4) is 0 Å². The van der Waals surface area contributed by atoms with E-state index in [-0.39, 0.29) is 31.6 Å². The summed E-state index contributed by atoms with van der Waals surface area (Å²) in [7, 11) is 7.06. The zero-order valence-corrected chi connectivity index (χ0v) is 17.2. The normalized spacial score (nSPS) is 13.1. The molecule has 1 unspecified atom stereocenters. The molecule has 0 heterocycles. The summed E-state index contributed by atoms with van der Waals surface area (Å²) in [6.07, 6.45) is 2.04. The van der Waals surface area contributed by atoms with Gasteiger partial charge in [0.25, 0.3) is 5.91 Å². The van der Waals surface area contributed by atoms with Crippen molar-refractivity contribution in [2.24, 2.45) is 0 Å². The summed E-state index contributed by atoms with van der Waals surface area (Å²) in [6, 6.07) is 0. The molecule has 8 heteroatoms. The van der Waals surface area contributed by atoms with Gasteiger partial charge in [-0.05, 0) is 60.9 Å². The molecule has 0 radical (unpaired) electrons. The van der Waals surface area contributed by atoms with Crippen LogP contribution in [0.5, 0.6) is 0 Å². The number of hydrogen-bond acceptors (Lipinski definition) is 6. The zero-order valence-electron chi connectivity index (χ0n) is 17.2. The van der Waals surface area contributed by atoms with E-state index in [4.69, 9.17) is 4.74 Å². The first-order valence-corrected chi connectivity index (χ1v) is 8.82. The minimum atomic E-state index is -1.57. The van der Waals surface area contributed by atoms with E-state index in [1.54, 1.807) is 21.0 Å². The van der Waals surface area contributed by atoms with Crippen LogP contribution in [0.4, 0.5) is 0 Å². The fourth-order valence-electron chi connectivity index (χ4n) is 2.79. The maximum Gasteiger partial charge on any atom is 0.345 e. The monoisotopic (exact) mass is 383 g/mol. The third-order valence-corrected chi connectivity index (χ3v) is 4.21. The van der Waals surface area contributed by atoms with E-state index in [9.17, 15) is 19.5 Å². The average molecular weight is 383 g/mol. The number of carboxylic acids is 1. The number of aliphatic carboxylic acids is 1. The molecule has 0 rings (SSSR count). The molecule has 0 spiro atoms. The van der Waals surface area contributed by atoms with Gasteiger partial charge in [0.1, 0.15) is 0 Å². The Morgan fingerprint density at radius 1 is 1.11 bits per heavy atom. The first-order valence-electron chi connectivity index (χ1n) is 8.82. The Labute approximate surface area is 162 Å². The van der Waals surface area contributed by atoms with Crippen molar-refractivity contribution in [2.75, 3.05) is 47.9 Å². The van der Waals surface area contributed by atoms with Gasteiger partial charge in [-0.1, -0.05) is 13.2 Å². The van der Waals surface area contributed by atoms with Gasteiger partial charge in [0.05, 0.1) is 6.61 Å². The number of rotatable bonds is 13. The summed E-state index contributed by atoms with van der Waals surface area (Å²) in [5.41, 5.74) is -1.30. The van der Waals surface area contributed by atoms with Crippen LogP contribution in [0.1, 0.15) is 26.2 Å². The van der Waals surface area contributed by atoms with Crippen molar-refractivity contribution < 1.29 is 24.2 Å². The first-order chi connectivity index (χ1) is 12.5. The molecular formula is C19H33N3O5. The molecule has 0 aromatic rings. The average Bonchev–Trinajstić information content (AvgIpc) is 2.57. The number of likely N-dealkylation sites (N-methyl/N-ethyl adjacent to an activating group) is 1. The Kier molecular flexibility index (Phi) is 10.6. The number of ether oxygens (including phenoxy) is 1. The second-order valence-corrected chi connectivity index (χ2v) is 6.89. The highest BCUT2D eigenvalue weighted by Gasteiger charge is 2.48. The SMILES string of the molecule is C=CC(=O)OCCCC(C(=O)O)(N(C)C)N(CCCN(C)C)C(=O)C(=C)C. The molecule has 27 heavy (non-hydrogen) atoms. The van der Waals surface area contributed by atoms with E-state index in [1.165, 1.54) is 9.80 Å². The molecule has 0 aliphatic rings. The Bertz CT molecular complexity index is 560. The number of amides is 1. The molecule has 0 aliphatic heterocycles. The second kappa shape index (κ2) is 11.5. The van der Waals surface area contributed by atoms with E-state index >= 15 is 0 Å². The predicted octanol–water partition coefficient (Wildman–Crippen LogP) is 1.19. The molecule has 0 saturated carbocycles. The maximum absolute atomic E-state index is 12.8. The molecule has 0 aromatic heterocycles. The molecule has 0 aliphatic carbocycles. The topological polar surface area (TPSA) is 90.4 Å². The highest BCUT2D eigenvalue weighted by Crippen LogP contribution is 2.27. The minimum absolute atomic E-state index is 0.0422. The van der Waals surface area contributed by atoms with E-state index in [2.05, 4.69) is 13.2 Å². The van der Waals surface area contributed by atoms with Gasteiger partial charge in [0.2, 0.25) is 0 Å². The Morgan fingerprint density at radius 2 is 1.70 bits per heavy atom. The summed E-state index contributed by atoms with van der Waals surface area (Å²) >= 11 is 0. The van der Waals surface area contributed by atoms with Gasteiger partial charge in [-0.2, -0.15) is 0 Å². The third-order valence-electron chi connectivity index (χ3n) is 4.21. The lowest BCUT2D eigenvalue weighted by molar-refractivity contribution is -0.172. The number of nitrogens with zero attached hydrogens (tertiary/aromatic N) is 3. The van der Waals surface area contributed by atoms with Gasteiger partial charge < -0.3 is 19.6 Å². The van der Waals surface area contributed by atoms with Crippen molar-refractivity contribution in [3.05, 3.63) is 24.8 Å². The van der Waals surface area contributed by atoms with Crippen molar-refractivity contribution >= 4 is 17.8 Å². The lowest BCUT2D eigenvalue weighted by Gasteiger charge is -2.45. The molecule has 0 aromatic carbocycles. The number of esters is 1. The fourth-order valence-corrected chi connectivity index (χ4v) is 2.79. The first kappa shape index (κ1) is 24.8. The molecular weight excluding hydrogens is 350 g/mol. The minimum Gasteiger partial charge on any atom is -0.478 e. The lowest BCUT2D eigenvalue weighted by Crippen LogP contribution is -2.65. The van der Waals surface area contributed by atoms with Gasteiger partial charge >= 0.3 is 11.9 Å². The van der Waals surface area contributed by atoms with Gasteiger partial charge in [-0.25, -0.2) is 9.59 Å². The van der Waals surface area contributed by atoms with Crippen LogP contribution in [0.25, 0.3) is 0 Å². The number of hydrogen-bond donors (Lipinski definition) is 1. The molecule has 1 atom stereocenters. The summed E-state index contributed by atoms with van der Waals surface area (Å²) in [5.74, 6) is -2.11. The van der Waals surface area contributed by atoms with E-state index in [1.807, 2.05) is 19.0 Å². The van der Waals surface area contributed by atoms with Crippen molar-refractivity contribution in [3.63, 3.8) is 0 Å². The van der Waals surface area contributed by atoms with Crippen molar-refractivity contribution in [2.45, 2.75) is 31.8 Å². The summed E-state index contributed by atoms with van der Waals surface area (Å²) in [5, 5.41) is 10.1. The second-order valence-electron chi connectivity index (χ2n) is 6.89. The quantitative estimate of drug-likeness (QED) is 0.221. The molecule has 8 nitrogen and oxygen atoms in total. The maximum atomic E-state index is 12.8. The van der Waals surface area contributed by atoms with Crippen molar-refractivity contribution in [1.29, 1.82) is 0 Å². The molecule has 0 bridgehead atoms. The molecule has 1 N–H and O–H groups in total. The summed E-state index contributed by atoms with van der Waals surface area (Å²) in [6.45, 7) is 9.59.